The first-order chi connectivity index (χ1) is 13.8. The van der Waals surface area contributed by atoms with E-state index in [0.29, 0.717) is 22.9 Å². The van der Waals surface area contributed by atoms with Crippen molar-refractivity contribution >= 4 is 22.4 Å². The normalized spacial score (nSPS) is 19.2. The Labute approximate surface area is 170 Å². The Bertz CT molecular complexity index is 1020. The molecule has 0 bridgehead atoms. The fourth-order valence-corrected chi connectivity index (χ4v) is 4.41. The van der Waals surface area contributed by atoms with Gasteiger partial charge in [-0.3, -0.25) is 4.79 Å². The standard InChI is InChI=1S/C19H20F2N6OS/c1-11-10-22-18(29-11)23-17(28)15(14-7-8-19(20,21)9-14)12-3-5-13(6-4-12)16-24-26-27(2)25-16/h3-6,10,14-15H,7-9H2,1-2H3,(H,22,23,28). The van der Waals surface area contributed by atoms with Gasteiger partial charge in [0.05, 0.1) is 13.0 Å². The Hall–Kier alpha value is -2.75. The van der Waals surface area contributed by atoms with Crippen LogP contribution in [0, 0.1) is 12.8 Å². The lowest BCUT2D eigenvalue weighted by Crippen LogP contribution is -2.27. The Morgan fingerprint density at radius 1 is 1.34 bits per heavy atom. The number of alkyl halides is 2. The number of hydrogen-bond donors (Lipinski definition) is 1. The van der Waals surface area contributed by atoms with Crippen molar-refractivity contribution in [2.24, 2.45) is 13.0 Å². The molecule has 1 fully saturated rings. The molecule has 2 atom stereocenters. The third kappa shape index (κ3) is 4.31. The van der Waals surface area contributed by atoms with Gasteiger partial charge in [0.1, 0.15) is 0 Å². The van der Waals surface area contributed by atoms with Gasteiger partial charge in [-0.1, -0.05) is 24.3 Å². The molecule has 10 heteroatoms. The minimum atomic E-state index is -2.73. The van der Waals surface area contributed by atoms with Gasteiger partial charge in [-0.2, -0.15) is 4.80 Å². The second-order valence-electron chi connectivity index (χ2n) is 7.33. The van der Waals surface area contributed by atoms with Gasteiger partial charge in [0.25, 0.3) is 0 Å². The highest BCUT2D eigenvalue weighted by atomic mass is 32.1. The SMILES string of the molecule is Cc1cnc(NC(=O)C(c2ccc(-c3nnn(C)n3)cc2)C2CCC(F)(F)C2)s1. The summed E-state index contributed by atoms with van der Waals surface area (Å²) in [6, 6.07) is 7.12. The maximum atomic E-state index is 13.9. The summed E-state index contributed by atoms with van der Waals surface area (Å²) >= 11 is 1.36. The first-order valence-corrected chi connectivity index (χ1v) is 10.1. The molecule has 0 saturated heterocycles. The lowest BCUT2D eigenvalue weighted by atomic mass is 9.83. The average Bonchev–Trinajstić information content (AvgIpc) is 3.37. The number of aryl methyl sites for hydroxylation is 2. The van der Waals surface area contributed by atoms with Crippen molar-refractivity contribution in [3.63, 3.8) is 0 Å². The molecule has 3 aromatic rings. The van der Waals surface area contributed by atoms with E-state index in [1.807, 2.05) is 6.92 Å². The Balaban J connectivity index is 1.61. The number of anilines is 1. The zero-order valence-corrected chi connectivity index (χ0v) is 16.8. The number of tetrazole rings is 1. The maximum Gasteiger partial charge on any atom is 0.248 e. The van der Waals surface area contributed by atoms with Gasteiger partial charge >= 0.3 is 0 Å². The zero-order valence-electron chi connectivity index (χ0n) is 16.0. The lowest BCUT2D eigenvalue weighted by molar-refractivity contribution is -0.118. The van der Waals surface area contributed by atoms with Crippen LogP contribution in [-0.2, 0) is 11.8 Å². The van der Waals surface area contributed by atoms with Gasteiger partial charge in [0, 0.05) is 29.5 Å². The topological polar surface area (TPSA) is 85.6 Å². The van der Waals surface area contributed by atoms with Crippen LogP contribution in [0.15, 0.2) is 30.5 Å². The van der Waals surface area contributed by atoms with Crippen LogP contribution in [0.4, 0.5) is 13.9 Å². The van der Waals surface area contributed by atoms with Crippen LogP contribution in [-0.4, -0.2) is 37.0 Å². The lowest BCUT2D eigenvalue weighted by Gasteiger charge is -2.23. The molecule has 0 spiro atoms. The molecule has 0 aliphatic heterocycles. The predicted octanol–water partition coefficient (Wildman–Crippen LogP) is 3.80. The predicted molar refractivity (Wildman–Crippen MR) is 105 cm³/mol. The molecule has 1 amide bonds. The summed E-state index contributed by atoms with van der Waals surface area (Å²) in [5.41, 5.74) is 1.43. The van der Waals surface area contributed by atoms with E-state index in [-0.39, 0.29) is 18.7 Å². The van der Waals surface area contributed by atoms with Gasteiger partial charge in [-0.15, -0.1) is 21.5 Å². The molecular weight excluding hydrogens is 398 g/mol. The van der Waals surface area contributed by atoms with Gasteiger partial charge in [0.2, 0.25) is 17.7 Å². The number of amides is 1. The van der Waals surface area contributed by atoms with Crippen LogP contribution in [0.5, 0.6) is 0 Å². The van der Waals surface area contributed by atoms with E-state index in [1.165, 1.54) is 16.1 Å². The fraction of sp³-hybridized carbons (Fsp3) is 0.421. The van der Waals surface area contributed by atoms with E-state index in [2.05, 4.69) is 25.7 Å². The first kappa shape index (κ1) is 19.6. The van der Waals surface area contributed by atoms with Crippen molar-refractivity contribution in [3.05, 3.63) is 40.9 Å². The molecule has 1 saturated carbocycles. The summed E-state index contributed by atoms with van der Waals surface area (Å²) in [6.07, 6.45) is 1.48. The molecule has 7 nitrogen and oxygen atoms in total. The van der Waals surface area contributed by atoms with Crippen molar-refractivity contribution in [2.45, 2.75) is 38.0 Å². The van der Waals surface area contributed by atoms with Crippen LogP contribution >= 0.6 is 11.3 Å². The van der Waals surface area contributed by atoms with Crippen LogP contribution in [0.3, 0.4) is 0 Å². The first-order valence-electron chi connectivity index (χ1n) is 9.26. The molecular formula is C19H20F2N6OS. The molecule has 152 valence electrons. The molecule has 29 heavy (non-hydrogen) atoms. The van der Waals surface area contributed by atoms with Crippen LogP contribution < -0.4 is 5.32 Å². The molecule has 2 unspecified atom stereocenters. The number of thiazole rings is 1. The largest absolute Gasteiger partial charge is 0.301 e. The van der Waals surface area contributed by atoms with Crippen molar-refractivity contribution in [2.75, 3.05) is 5.32 Å². The number of rotatable bonds is 5. The molecule has 1 aliphatic carbocycles. The van der Waals surface area contributed by atoms with E-state index in [9.17, 15) is 13.6 Å². The van der Waals surface area contributed by atoms with E-state index in [4.69, 9.17) is 0 Å². The number of nitrogens with zero attached hydrogens (tertiary/aromatic N) is 5. The van der Waals surface area contributed by atoms with Crippen molar-refractivity contribution in [1.29, 1.82) is 0 Å². The molecule has 4 rings (SSSR count). The van der Waals surface area contributed by atoms with E-state index < -0.39 is 17.8 Å². The number of benzene rings is 1. The second kappa shape index (κ2) is 7.58. The summed E-state index contributed by atoms with van der Waals surface area (Å²) in [5.74, 6) is -3.70. The van der Waals surface area contributed by atoms with Crippen molar-refractivity contribution in [3.8, 4) is 11.4 Å². The number of aromatic nitrogens is 5. The Morgan fingerprint density at radius 3 is 2.66 bits per heavy atom. The quantitative estimate of drug-likeness (QED) is 0.681. The van der Waals surface area contributed by atoms with Crippen molar-refractivity contribution < 1.29 is 13.6 Å². The van der Waals surface area contributed by atoms with E-state index in [1.54, 1.807) is 37.5 Å². The molecule has 1 aliphatic rings. The van der Waals surface area contributed by atoms with Crippen LogP contribution in [0.2, 0.25) is 0 Å². The Kier molecular flexibility index (Phi) is 5.12. The smallest absolute Gasteiger partial charge is 0.248 e. The minimum Gasteiger partial charge on any atom is -0.301 e. The number of carbonyl (C=O) groups is 1. The van der Waals surface area contributed by atoms with Crippen molar-refractivity contribution in [1.82, 2.24) is 25.2 Å². The monoisotopic (exact) mass is 418 g/mol. The average molecular weight is 418 g/mol. The van der Waals surface area contributed by atoms with Gasteiger partial charge < -0.3 is 5.32 Å². The third-order valence-electron chi connectivity index (χ3n) is 5.08. The molecule has 0 radical (unpaired) electrons. The molecule has 1 N–H and O–H groups in total. The maximum absolute atomic E-state index is 13.9. The van der Waals surface area contributed by atoms with E-state index >= 15 is 0 Å². The Morgan fingerprint density at radius 2 is 2.10 bits per heavy atom. The van der Waals surface area contributed by atoms with Crippen LogP contribution in [0.1, 0.15) is 35.6 Å². The third-order valence-corrected chi connectivity index (χ3v) is 5.91. The highest BCUT2D eigenvalue weighted by Gasteiger charge is 2.45. The molecule has 2 aromatic heterocycles. The second-order valence-corrected chi connectivity index (χ2v) is 8.56. The van der Waals surface area contributed by atoms with Gasteiger partial charge in [-0.05, 0) is 30.0 Å². The number of carbonyl (C=O) groups excluding carboxylic acids is 1. The van der Waals surface area contributed by atoms with Gasteiger partial charge in [-0.25, -0.2) is 13.8 Å². The fourth-order valence-electron chi connectivity index (χ4n) is 3.74. The minimum absolute atomic E-state index is 0.195. The summed E-state index contributed by atoms with van der Waals surface area (Å²) in [4.78, 5) is 19.5. The zero-order chi connectivity index (χ0) is 20.6. The summed E-state index contributed by atoms with van der Waals surface area (Å²) in [6.45, 7) is 1.89. The summed E-state index contributed by atoms with van der Waals surface area (Å²) in [5, 5.41) is 15.2. The number of hydrogen-bond acceptors (Lipinski definition) is 6. The highest BCUT2D eigenvalue weighted by Crippen LogP contribution is 2.46. The summed E-state index contributed by atoms with van der Waals surface area (Å²) in [7, 11) is 1.67. The van der Waals surface area contributed by atoms with Crippen LogP contribution in [0.25, 0.3) is 11.4 Å². The molecule has 1 aromatic carbocycles. The number of halogens is 2. The van der Waals surface area contributed by atoms with E-state index in [0.717, 1.165) is 10.4 Å². The highest BCUT2D eigenvalue weighted by molar-refractivity contribution is 7.15. The summed E-state index contributed by atoms with van der Waals surface area (Å²) < 4.78 is 27.8. The number of nitrogens with one attached hydrogen (secondary N) is 1. The molecule has 2 heterocycles. The van der Waals surface area contributed by atoms with Gasteiger partial charge in [0.15, 0.2) is 5.13 Å².